The summed E-state index contributed by atoms with van der Waals surface area (Å²) in [5.74, 6) is 0.259. The first-order valence-electron chi connectivity index (χ1n) is 8.82. The van der Waals surface area contributed by atoms with E-state index in [0.29, 0.717) is 12.8 Å². The standard InChI is InChI=1S/C21H23N3O/c1-2-3-14-19(25)15-21(18-12-8-5-9-13-18)24-22-16-20(23-24)17-10-6-4-7-11-17/h4-13,16,21H,2-3,14-15H2,1H3. The molecule has 4 heteroatoms. The number of hydrogen-bond donors (Lipinski definition) is 0. The molecule has 0 aliphatic heterocycles. The molecule has 0 aliphatic rings. The third-order valence-corrected chi connectivity index (χ3v) is 4.27. The van der Waals surface area contributed by atoms with Crippen LogP contribution in [-0.2, 0) is 4.79 Å². The number of unbranched alkanes of at least 4 members (excludes halogenated alkanes) is 1. The highest BCUT2D eigenvalue weighted by molar-refractivity contribution is 5.79. The molecule has 1 unspecified atom stereocenters. The summed E-state index contributed by atoms with van der Waals surface area (Å²) in [6, 6.07) is 19.8. The third-order valence-electron chi connectivity index (χ3n) is 4.27. The lowest BCUT2D eigenvalue weighted by Crippen LogP contribution is -2.18. The zero-order valence-electron chi connectivity index (χ0n) is 14.5. The van der Waals surface area contributed by atoms with E-state index in [1.807, 2.05) is 60.7 Å². The smallest absolute Gasteiger partial charge is 0.135 e. The zero-order valence-corrected chi connectivity index (χ0v) is 14.5. The van der Waals surface area contributed by atoms with Crippen LogP contribution in [0.25, 0.3) is 11.3 Å². The van der Waals surface area contributed by atoms with Crippen LogP contribution >= 0.6 is 0 Å². The van der Waals surface area contributed by atoms with Gasteiger partial charge < -0.3 is 0 Å². The Hall–Kier alpha value is -2.75. The molecule has 1 atom stereocenters. The summed E-state index contributed by atoms with van der Waals surface area (Å²) in [6.07, 6.45) is 4.77. The summed E-state index contributed by atoms with van der Waals surface area (Å²) in [5.41, 5.74) is 2.91. The lowest BCUT2D eigenvalue weighted by Gasteiger charge is -2.16. The summed E-state index contributed by atoms with van der Waals surface area (Å²) < 4.78 is 0. The minimum Gasteiger partial charge on any atom is -0.300 e. The minimum atomic E-state index is -0.164. The third kappa shape index (κ3) is 4.41. The highest BCUT2D eigenvalue weighted by Gasteiger charge is 2.20. The average molecular weight is 333 g/mol. The molecular formula is C21H23N3O. The quantitative estimate of drug-likeness (QED) is 0.601. The number of hydrogen-bond acceptors (Lipinski definition) is 3. The maximum absolute atomic E-state index is 12.4. The van der Waals surface area contributed by atoms with Crippen LogP contribution in [0.3, 0.4) is 0 Å². The van der Waals surface area contributed by atoms with Gasteiger partial charge in [0.2, 0.25) is 0 Å². The normalized spacial score (nSPS) is 12.0. The van der Waals surface area contributed by atoms with Crippen LogP contribution in [0.1, 0.15) is 44.2 Å². The average Bonchev–Trinajstić information content (AvgIpc) is 3.16. The van der Waals surface area contributed by atoms with E-state index in [2.05, 4.69) is 17.1 Å². The minimum absolute atomic E-state index is 0.164. The van der Waals surface area contributed by atoms with Gasteiger partial charge in [-0.2, -0.15) is 15.0 Å². The van der Waals surface area contributed by atoms with Crippen molar-refractivity contribution in [2.24, 2.45) is 0 Å². The summed E-state index contributed by atoms with van der Waals surface area (Å²) in [6.45, 7) is 2.10. The second kappa shape index (κ2) is 8.38. The summed E-state index contributed by atoms with van der Waals surface area (Å²) in [4.78, 5) is 14.0. The molecule has 0 radical (unpaired) electrons. The topological polar surface area (TPSA) is 47.8 Å². The Balaban J connectivity index is 1.87. The Kier molecular flexibility index (Phi) is 5.73. The predicted molar refractivity (Wildman–Crippen MR) is 99.2 cm³/mol. The van der Waals surface area contributed by atoms with Crippen molar-refractivity contribution in [1.29, 1.82) is 0 Å². The number of Topliss-reactive ketones (excluding diaryl/α,β-unsaturated/α-hetero) is 1. The Morgan fingerprint density at radius 2 is 1.72 bits per heavy atom. The van der Waals surface area contributed by atoms with Crippen LogP contribution < -0.4 is 0 Å². The largest absolute Gasteiger partial charge is 0.300 e. The van der Waals surface area contributed by atoms with Crippen molar-refractivity contribution >= 4 is 5.78 Å². The van der Waals surface area contributed by atoms with Gasteiger partial charge in [-0.25, -0.2) is 0 Å². The van der Waals surface area contributed by atoms with Gasteiger partial charge in [-0.15, -0.1) is 0 Å². The first kappa shape index (κ1) is 17.1. The Morgan fingerprint density at radius 1 is 1.04 bits per heavy atom. The number of nitrogens with zero attached hydrogens (tertiary/aromatic N) is 3. The summed E-state index contributed by atoms with van der Waals surface area (Å²) in [7, 11) is 0. The fraction of sp³-hybridized carbons (Fsp3) is 0.286. The van der Waals surface area contributed by atoms with E-state index in [1.165, 1.54) is 0 Å². The maximum atomic E-state index is 12.4. The molecule has 3 rings (SSSR count). The molecule has 4 nitrogen and oxygen atoms in total. The van der Waals surface area contributed by atoms with Gasteiger partial charge >= 0.3 is 0 Å². The van der Waals surface area contributed by atoms with Crippen LogP contribution in [0, 0.1) is 0 Å². The van der Waals surface area contributed by atoms with Gasteiger partial charge in [-0.05, 0) is 12.0 Å². The number of carbonyl (C=O) groups is 1. The molecule has 1 heterocycles. The molecule has 0 aliphatic carbocycles. The van der Waals surface area contributed by atoms with Crippen LogP contribution in [0.2, 0.25) is 0 Å². The Morgan fingerprint density at radius 3 is 2.40 bits per heavy atom. The fourth-order valence-corrected chi connectivity index (χ4v) is 2.87. The molecule has 2 aromatic carbocycles. The highest BCUT2D eigenvalue weighted by Crippen LogP contribution is 2.24. The molecule has 0 N–H and O–H groups in total. The van der Waals surface area contributed by atoms with Crippen LogP contribution in [0.5, 0.6) is 0 Å². The Labute approximate surface area is 148 Å². The van der Waals surface area contributed by atoms with E-state index in [4.69, 9.17) is 0 Å². The van der Waals surface area contributed by atoms with Crippen molar-refractivity contribution in [3.63, 3.8) is 0 Å². The zero-order chi connectivity index (χ0) is 17.5. The number of ketones is 1. The van der Waals surface area contributed by atoms with E-state index in [0.717, 1.165) is 29.7 Å². The number of rotatable bonds is 8. The highest BCUT2D eigenvalue weighted by atomic mass is 16.1. The van der Waals surface area contributed by atoms with Crippen LogP contribution in [-0.4, -0.2) is 20.8 Å². The van der Waals surface area contributed by atoms with Gasteiger partial charge in [0, 0.05) is 18.4 Å². The van der Waals surface area contributed by atoms with Gasteiger partial charge in [-0.3, -0.25) is 4.79 Å². The SMILES string of the molecule is CCCCC(=O)CC(c1ccccc1)n1ncc(-c2ccccc2)n1. The fourth-order valence-electron chi connectivity index (χ4n) is 2.87. The van der Waals surface area contributed by atoms with Crippen molar-refractivity contribution in [1.82, 2.24) is 15.0 Å². The van der Waals surface area contributed by atoms with Gasteiger partial charge in [0.1, 0.15) is 17.5 Å². The van der Waals surface area contributed by atoms with Crippen molar-refractivity contribution in [2.45, 2.75) is 38.6 Å². The van der Waals surface area contributed by atoms with Crippen LogP contribution in [0.15, 0.2) is 66.9 Å². The van der Waals surface area contributed by atoms with Crippen molar-refractivity contribution in [3.8, 4) is 11.3 Å². The van der Waals surface area contributed by atoms with E-state index in [1.54, 1.807) is 11.0 Å². The molecular weight excluding hydrogens is 310 g/mol. The van der Waals surface area contributed by atoms with E-state index >= 15 is 0 Å². The molecule has 0 saturated heterocycles. The number of carbonyl (C=O) groups excluding carboxylic acids is 1. The molecule has 128 valence electrons. The molecule has 0 fully saturated rings. The van der Waals surface area contributed by atoms with Gasteiger partial charge in [-0.1, -0.05) is 74.0 Å². The second-order valence-corrected chi connectivity index (χ2v) is 6.19. The summed E-state index contributed by atoms with van der Waals surface area (Å²) >= 11 is 0. The van der Waals surface area contributed by atoms with Gasteiger partial charge in [0.25, 0.3) is 0 Å². The van der Waals surface area contributed by atoms with E-state index in [9.17, 15) is 4.79 Å². The van der Waals surface area contributed by atoms with Crippen LogP contribution in [0.4, 0.5) is 0 Å². The molecule has 0 amide bonds. The second-order valence-electron chi connectivity index (χ2n) is 6.19. The van der Waals surface area contributed by atoms with Gasteiger partial charge in [0.15, 0.2) is 0 Å². The molecule has 25 heavy (non-hydrogen) atoms. The van der Waals surface area contributed by atoms with Crippen molar-refractivity contribution in [2.75, 3.05) is 0 Å². The van der Waals surface area contributed by atoms with Gasteiger partial charge in [0.05, 0.1) is 6.20 Å². The molecule has 0 saturated carbocycles. The van der Waals surface area contributed by atoms with E-state index < -0.39 is 0 Å². The van der Waals surface area contributed by atoms with Crippen molar-refractivity contribution < 1.29 is 4.79 Å². The number of benzene rings is 2. The monoisotopic (exact) mass is 333 g/mol. The lowest BCUT2D eigenvalue weighted by molar-refractivity contribution is -0.119. The number of aromatic nitrogens is 3. The van der Waals surface area contributed by atoms with E-state index in [-0.39, 0.29) is 11.8 Å². The molecule has 0 bridgehead atoms. The Bertz CT molecular complexity index is 796. The van der Waals surface area contributed by atoms with Crippen molar-refractivity contribution in [3.05, 3.63) is 72.4 Å². The molecule has 1 aromatic heterocycles. The molecule has 3 aromatic rings. The lowest BCUT2D eigenvalue weighted by atomic mass is 9.99. The maximum Gasteiger partial charge on any atom is 0.135 e. The first-order valence-corrected chi connectivity index (χ1v) is 8.82. The summed E-state index contributed by atoms with van der Waals surface area (Å²) in [5, 5.41) is 9.10. The first-order chi connectivity index (χ1) is 12.3. The predicted octanol–water partition coefficient (Wildman–Crippen LogP) is 4.68. The molecule has 0 spiro atoms.